The molecule has 29 heavy (non-hydrogen) atoms. The van der Waals surface area contributed by atoms with E-state index in [4.69, 9.17) is 4.74 Å². The number of carbonyl (C=O) groups is 1. The summed E-state index contributed by atoms with van der Waals surface area (Å²) in [6.45, 7) is 3.68. The van der Waals surface area contributed by atoms with Crippen molar-refractivity contribution in [2.45, 2.75) is 19.9 Å². The summed E-state index contributed by atoms with van der Waals surface area (Å²) in [4.78, 5) is 26.7. The summed E-state index contributed by atoms with van der Waals surface area (Å²) in [6.07, 6.45) is 1.73. The molecule has 0 spiro atoms. The first-order chi connectivity index (χ1) is 13.9. The van der Waals surface area contributed by atoms with E-state index in [0.29, 0.717) is 17.3 Å². The summed E-state index contributed by atoms with van der Waals surface area (Å²) < 4.78 is 5.68. The second-order valence-electron chi connectivity index (χ2n) is 6.46. The molecule has 1 aromatic heterocycles. The summed E-state index contributed by atoms with van der Waals surface area (Å²) in [7, 11) is 0. The topological polar surface area (TPSA) is 106 Å². The summed E-state index contributed by atoms with van der Waals surface area (Å²) in [5, 5.41) is 16.5. The Morgan fingerprint density at radius 3 is 2.28 bits per heavy atom. The maximum Gasteiger partial charge on any atom is 0.269 e. The van der Waals surface area contributed by atoms with E-state index in [2.05, 4.69) is 15.6 Å². The lowest BCUT2D eigenvalue weighted by atomic mass is 10.2. The number of amides is 1. The maximum absolute atomic E-state index is 12.3. The molecule has 0 bridgehead atoms. The fourth-order valence-electron chi connectivity index (χ4n) is 2.49. The van der Waals surface area contributed by atoms with Gasteiger partial charge in [0.1, 0.15) is 11.8 Å². The van der Waals surface area contributed by atoms with Gasteiger partial charge in [0.25, 0.3) is 5.69 Å². The van der Waals surface area contributed by atoms with Crippen LogP contribution in [-0.4, -0.2) is 21.9 Å². The zero-order valence-electron chi connectivity index (χ0n) is 16.0. The molecular formula is C21H20N4O4. The largest absolute Gasteiger partial charge is 0.439 e. The second-order valence-corrected chi connectivity index (χ2v) is 6.46. The van der Waals surface area contributed by atoms with Crippen molar-refractivity contribution in [3.8, 4) is 11.6 Å². The van der Waals surface area contributed by atoms with Crippen LogP contribution < -0.4 is 15.4 Å². The standard InChI is InChI=1S/C21H20N4O4/c1-14-3-12-20(22-13-14)29-19-10-6-16(7-11-19)23-15(2)21(26)24-17-4-8-18(9-5-17)25(27)28/h3-13,15,23H,1-2H3,(H,24,26). The molecule has 148 valence electrons. The summed E-state index contributed by atoms with van der Waals surface area (Å²) in [6, 6.07) is 16.0. The van der Waals surface area contributed by atoms with Crippen LogP contribution in [0.25, 0.3) is 0 Å². The second kappa shape index (κ2) is 8.83. The number of anilines is 2. The van der Waals surface area contributed by atoms with Crippen molar-refractivity contribution < 1.29 is 14.5 Å². The van der Waals surface area contributed by atoms with Gasteiger partial charge >= 0.3 is 0 Å². The first-order valence-corrected chi connectivity index (χ1v) is 8.93. The molecule has 0 saturated heterocycles. The van der Waals surface area contributed by atoms with Crippen LogP contribution in [0.3, 0.4) is 0 Å². The zero-order chi connectivity index (χ0) is 20.8. The van der Waals surface area contributed by atoms with E-state index >= 15 is 0 Å². The highest BCUT2D eigenvalue weighted by atomic mass is 16.6. The van der Waals surface area contributed by atoms with Gasteiger partial charge in [-0.1, -0.05) is 6.07 Å². The molecule has 2 aromatic carbocycles. The molecule has 0 aliphatic carbocycles. The predicted molar refractivity (Wildman–Crippen MR) is 110 cm³/mol. The Bertz CT molecular complexity index is 987. The maximum atomic E-state index is 12.3. The fourth-order valence-corrected chi connectivity index (χ4v) is 2.49. The normalized spacial score (nSPS) is 11.4. The average molecular weight is 392 g/mol. The van der Waals surface area contributed by atoms with Crippen LogP contribution >= 0.6 is 0 Å². The molecule has 3 aromatic rings. The van der Waals surface area contributed by atoms with Crippen molar-refractivity contribution in [1.29, 1.82) is 0 Å². The average Bonchev–Trinajstić information content (AvgIpc) is 2.71. The van der Waals surface area contributed by atoms with Gasteiger partial charge in [0.15, 0.2) is 0 Å². The molecule has 0 aliphatic rings. The van der Waals surface area contributed by atoms with E-state index in [-0.39, 0.29) is 11.6 Å². The number of benzene rings is 2. The number of nitro benzene ring substituents is 1. The Balaban J connectivity index is 1.55. The Kier molecular flexibility index (Phi) is 6.03. The highest BCUT2D eigenvalue weighted by Gasteiger charge is 2.14. The molecule has 0 saturated carbocycles. The van der Waals surface area contributed by atoms with Crippen LogP contribution in [0.15, 0.2) is 66.9 Å². The number of carbonyl (C=O) groups excluding carboxylic acids is 1. The van der Waals surface area contributed by atoms with Crippen molar-refractivity contribution in [3.63, 3.8) is 0 Å². The Morgan fingerprint density at radius 1 is 1.03 bits per heavy atom. The zero-order valence-corrected chi connectivity index (χ0v) is 16.0. The van der Waals surface area contributed by atoms with Gasteiger partial charge in [0.05, 0.1) is 4.92 Å². The number of rotatable bonds is 7. The monoisotopic (exact) mass is 392 g/mol. The number of hydrogen-bond acceptors (Lipinski definition) is 6. The van der Waals surface area contributed by atoms with Crippen molar-refractivity contribution in [3.05, 3.63) is 82.5 Å². The Hall–Kier alpha value is -3.94. The third kappa shape index (κ3) is 5.52. The van der Waals surface area contributed by atoms with Crippen LogP contribution in [0.1, 0.15) is 12.5 Å². The van der Waals surface area contributed by atoms with E-state index in [9.17, 15) is 14.9 Å². The molecule has 1 amide bonds. The lowest BCUT2D eigenvalue weighted by Gasteiger charge is -2.15. The van der Waals surface area contributed by atoms with E-state index < -0.39 is 11.0 Å². The molecular weight excluding hydrogens is 372 g/mol. The highest BCUT2D eigenvalue weighted by Crippen LogP contribution is 2.22. The van der Waals surface area contributed by atoms with Gasteiger partial charge < -0.3 is 15.4 Å². The first kappa shape index (κ1) is 19.8. The van der Waals surface area contributed by atoms with Crippen LogP contribution in [0.2, 0.25) is 0 Å². The molecule has 0 radical (unpaired) electrons. The SMILES string of the molecule is Cc1ccc(Oc2ccc(NC(C)C(=O)Nc3ccc([N+](=O)[O-])cc3)cc2)nc1. The van der Waals surface area contributed by atoms with Gasteiger partial charge in [0.2, 0.25) is 11.8 Å². The number of aryl methyl sites for hydroxylation is 1. The van der Waals surface area contributed by atoms with Gasteiger partial charge in [-0.2, -0.15) is 0 Å². The molecule has 0 fully saturated rings. The summed E-state index contributed by atoms with van der Waals surface area (Å²) in [5.74, 6) is 0.880. The van der Waals surface area contributed by atoms with Gasteiger partial charge in [-0.15, -0.1) is 0 Å². The molecule has 3 rings (SSSR count). The highest BCUT2D eigenvalue weighted by molar-refractivity contribution is 5.96. The number of aromatic nitrogens is 1. The van der Waals surface area contributed by atoms with Crippen LogP contribution in [0.5, 0.6) is 11.6 Å². The van der Waals surface area contributed by atoms with Gasteiger partial charge in [-0.3, -0.25) is 14.9 Å². The van der Waals surface area contributed by atoms with E-state index in [1.54, 1.807) is 43.5 Å². The van der Waals surface area contributed by atoms with Crippen LogP contribution in [0, 0.1) is 17.0 Å². The van der Waals surface area contributed by atoms with Crippen molar-refractivity contribution in [2.24, 2.45) is 0 Å². The van der Waals surface area contributed by atoms with E-state index in [1.165, 1.54) is 24.3 Å². The Morgan fingerprint density at radius 2 is 1.69 bits per heavy atom. The van der Waals surface area contributed by atoms with Crippen molar-refractivity contribution in [2.75, 3.05) is 10.6 Å². The molecule has 2 N–H and O–H groups in total. The lowest BCUT2D eigenvalue weighted by molar-refractivity contribution is -0.384. The van der Waals surface area contributed by atoms with Crippen LogP contribution in [0.4, 0.5) is 17.1 Å². The molecule has 1 heterocycles. The molecule has 8 heteroatoms. The lowest BCUT2D eigenvalue weighted by Crippen LogP contribution is -2.31. The van der Waals surface area contributed by atoms with Gasteiger partial charge in [0, 0.05) is 35.8 Å². The summed E-state index contributed by atoms with van der Waals surface area (Å²) in [5.41, 5.74) is 2.26. The number of nitrogens with zero attached hydrogens (tertiary/aromatic N) is 2. The first-order valence-electron chi connectivity index (χ1n) is 8.93. The minimum Gasteiger partial charge on any atom is -0.439 e. The molecule has 0 aliphatic heterocycles. The minimum atomic E-state index is -0.518. The number of nitrogens with one attached hydrogen (secondary N) is 2. The molecule has 1 atom stereocenters. The van der Waals surface area contributed by atoms with Gasteiger partial charge in [-0.25, -0.2) is 4.98 Å². The van der Waals surface area contributed by atoms with E-state index in [0.717, 1.165) is 11.3 Å². The van der Waals surface area contributed by atoms with E-state index in [1.807, 2.05) is 13.0 Å². The van der Waals surface area contributed by atoms with Crippen molar-refractivity contribution in [1.82, 2.24) is 4.98 Å². The number of nitro groups is 1. The van der Waals surface area contributed by atoms with Crippen molar-refractivity contribution >= 4 is 23.0 Å². The number of ether oxygens (including phenoxy) is 1. The number of non-ortho nitro benzene ring substituents is 1. The number of hydrogen-bond donors (Lipinski definition) is 2. The third-order valence-corrected chi connectivity index (χ3v) is 4.08. The molecule has 1 unspecified atom stereocenters. The third-order valence-electron chi connectivity index (χ3n) is 4.08. The predicted octanol–water partition coefficient (Wildman–Crippen LogP) is 4.53. The van der Waals surface area contributed by atoms with Crippen LogP contribution in [-0.2, 0) is 4.79 Å². The summed E-state index contributed by atoms with van der Waals surface area (Å²) >= 11 is 0. The fraction of sp³-hybridized carbons (Fsp3) is 0.143. The number of pyridine rings is 1. The smallest absolute Gasteiger partial charge is 0.269 e. The minimum absolute atomic E-state index is 0.0303. The van der Waals surface area contributed by atoms with Gasteiger partial charge in [-0.05, 0) is 55.8 Å². The quantitative estimate of drug-likeness (QED) is 0.452. The Labute approximate surface area is 167 Å². The molecule has 8 nitrogen and oxygen atoms in total.